The highest BCUT2D eigenvalue weighted by Gasteiger charge is 2.30. The minimum Gasteiger partial charge on any atom is -0.461 e. The maximum atomic E-state index is 10.2. The Balaban J connectivity index is 0.000000184. The van der Waals surface area contributed by atoms with E-state index in [2.05, 4.69) is 13.8 Å². The van der Waals surface area contributed by atoms with Gasteiger partial charge in [0.25, 0.3) is 0 Å². The number of rotatable bonds is 3. The van der Waals surface area contributed by atoms with Crippen molar-refractivity contribution < 1.29 is 19.0 Å². The molecule has 0 radical (unpaired) electrons. The Morgan fingerprint density at radius 3 is 2.22 bits per heavy atom. The lowest BCUT2D eigenvalue weighted by Gasteiger charge is -2.28. The second kappa shape index (κ2) is 7.74. The lowest BCUT2D eigenvalue weighted by Crippen LogP contribution is -2.36. The Bertz CT molecular complexity index is 236. The Labute approximate surface area is 110 Å². The van der Waals surface area contributed by atoms with E-state index in [9.17, 15) is 4.79 Å². The highest BCUT2D eigenvalue weighted by atomic mass is 16.7. The molecule has 2 fully saturated rings. The van der Waals surface area contributed by atoms with Crippen molar-refractivity contribution in [2.24, 2.45) is 5.92 Å². The molecule has 2 heterocycles. The van der Waals surface area contributed by atoms with Gasteiger partial charge in [0.2, 0.25) is 0 Å². The topological polar surface area (TPSA) is 44.8 Å². The monoisotopic (exact) mass is 258 g/mol. The first kappa shape index (κ1) is 15.4. The maximum absolute atomic E-state index is 10.2. The van der Waals surface area contributed by atoms with Crippen molar-refractivity contribution in [1.82, 2.24) is 0 Å². The summed E-state index contributed by atoms with van der Waals surface area (Å²) in [6, 6.07) is 0. The van der Waals surface area contributed by atoms with Crippen molar-refractivity contribution in [3.63, 3.8) is 0 Å². The summed E-state index contributed by atoms with van der Waals surface area (Å²) in [7, 11) is 0. The van der Waals surface area contributed by atoms with Gasteiger partial charge in [0.05, 0.1) is 12.5 Å². The molecule has 0 aliphatic carbocycles. The van der Waals surface area contributed by atoms with Gasteiger partial charge >= 0.3 is 5.97 Å². The van der Waals surface area contributed by atoms with Crippen LogP contribution in [-0.2, 0) is 19.0 Å². The van der Waals surface area contributed by atoms with Crippen LogP contribution in [0.1, 0.15) is 53.4 Å². The number of ether oxygens (including phenoxy) is 3. The molecule has 2 aliphatic heterocycles. The highest BCUT2D eigenvalue weighted by molar-refractivity contribution is 5.75. The van der Waals surface area contributed by atoms with Gasteiger partial charge in [0.1, 0.15) is 6.10 Å². The van der Waals surface area contributed by atoms with Crippen LogP contribution in [-0.4, -0.2) is 31.1 Å². The van der Waals surface area contributed by atoms with Gasteiger partial charge < -0.3 is 14.2 Å². The molecule has 0 bridgehead atoms. The molecule has 0 N–H and O–H groups in total. The molecule has 0 saturated carbocycles. The van der Waals surface area contributed by atoms with Gasteiger partial charge in [-0.1, -0.05) is 13.8 Å². The summed E-state index contributed by atoms with van der Waals surface area (Å²) in [5.74, 6) is 0.441. The number of carbonyl (C=O) groups is 1. The summed E-state index contributed by atoms with van der Waals surface area (Å²) in [5, 5.41) is 0. The smallest absolute Gasteiger partial charge is 0.309 e. The fourth-order valence-corrected chi connectivity index (χ4v) is 1.82. The van der Waals surface area contributed by atoms with E-state index in [1.54, 1.807) is 0 Å². The van der Waals surface area contributed by atoms with Gasteiger partial charge in [-0.05, 0) is 39.0 Å². The molecular weight excluding hydrogens is 232 g/mol. The predicted molar refractivity (Wildman–Crippen MR) is 69.1 cm³/mol. The second-order valence-electron chi connectivity index (χ2n) is 5.46. The van der Waals surface area contributed by atoms with Crippen molar-refractivity contribution in [3.05, 3.63) is 0 Å². The van der Waals surface area contributed by atoms with Crippen molar-refractivity contribution in [2.75, 3.05) is 6.61 Å². The number of hydrogen-bond donors (Lipinski definition) is 0. The van der Waals surface area contributed by atoms with E-state index in [-0.39, 0.29) is 18.4 Å². The summed E-state index contributed by atoms with van der Waals surface area (Å²) in [5.41, 5.74) is 0. The Morgan fingerprint density at radius 2 is 1.89 bits per heavy atom. The first-order valence-electron chi connectivity index (χ1n) is 6.95. The average molecular weight is 258 g/mol. The van der Waals surface area contributed by atoms with E-state index >= 15 is 0 Å². The molecule has 2 atom stereocenters. The molecular formula is C14H26O4. The molecule has 2 unspecified atom stereocenters. The van der Waals surface area contributed by atoms with Crippen LogP contribution in [0, 0.1) is 5.92 Å². The summed E-state index contributed by atoms with van der Waals surface area (Å²) in [4.78, 5) is 10.2. The van der Waals surface area contributed by atoms with Gasteiger partial charge in [-0.3, -0.25) is 4.79 Å². The van der Waals surface area contributed by atoms with Crippen molar-refractivity contribution >= 4 is 5.97 Å². The number of esters is 1. The SMILES string of the molecule is CC(C)C1CC(=O)O1.CC(C)OC1CCCCO1. The quantitative estimate of drug-likeness (QED) is 0.730. The van der Waals surface area contributed by atoms with E-state index in [0.29, 0.717) is 18.4 Å². The molecule has 18 heavy (non-hydrogen) atoms. The third-order valence-electron chi connectivity index (χ3n) is 2.96. The third-order valence-corrected chi connectivity index (χ3v) is 2.96. The van der Waals surface area contributed by atoms with Gasteiger partial charge in [-0.2, -0.15) is 0 Å². The van der Waals surface area contributed by atoms with E-state index in [0.717, 1.165) is 13.0 Å². The van der Waals surface area contributed by atoms with E-state index < -0.39 is 0 Å². The zero-order chi connectivity index (χ0) is 13.5. The van der Waals surface area contributed by atoms with Gasteiger partial charge in [-0.15, -0.1) is 0 Å². The van der Waals surface area contributed by atoms with Crippen molar-refractivity contribution in [3.8, 4) is 0 Å². The zero-order valence-electron chi connectivity index (χ0n) is 12.0. The molecule has 4 heteroatoms. The summed E-state index contributed by atoms with van der Waals surface area (Å²) in [6.45, 7) is 9.06. The zero-order valence-corrected chi connectivity index (χ0v) is 12.0. The summed E-state index contributed by atoms with van der Waals surface area (Å²) in [6.07, 6.45) is 4.71. The molecule has 0 amide bonds. The first-order valence-corrected chi connectivity index (χ1v) is 6.95. The lowest BCUT2D eigenvalue weighted by atomic mass is 10.0. The van der Waals surface area contributed by atoms with Crippen LogP contribution in [0.3, 0.4) is 0 Å². The molecule has 0 aromatic carbocycles. The molecule has 0 aromatic rings. The summed E-state index contributed by atoms with van der Waals surface area (Å²) < 4.78 is 15.6. The fraction of sp³-hybridized carbons (Fsp3) is 0.929. The molecule has 2 saturated heterocycles. The molecule has 4 nitrogen and oxygen atoms in total. The van der Waals surface area contributed by atoms with Crippen LogP contribution in [0.25, 0.3) is 0 Å². The molecule has 0 aromatic heterocycles. The van der Waals surface area contributed by atoms with E-state index in [1.165, 1.54) is 12.8 Å². The fourth-order valence-electron chi connectivity index (χ4n) is 1.82. The Kier molecular flexibility index (Phi) is 6.65. The van der Waals surface area contributed by atoms with Crippen LogP contribution in [0.4, 0.5) is 0 Å². The Morgan fingerprint density at radius 1 is 1.22 bits per heavy atom. The minimum atomic E-state index is -0.0521. The predicted octanol–water partition coefficient (Wildman–Crippen LogP) is 2.90. The first-order chi connectivity index (χ1) is 8.49. The van der Waals surface area contributed by atoms with Gasteiger partial charge in [0, 0.05) is 6.61 Å². The van der Waals surface area contributed by atoms with E-state index in [4.69, 9.17) is 14.2 Å². The Hall–Kier alpha value is -0.610. The standard InChI is InChI=1S/C8H16O2.C6H10O2/c1-7(2)10-8-5-3-4-6-9-8;1-4(2)5-3-6(7)8-5/h7-8H,3-6H2,1-2H3;4-5H,3H2,1-2H3. The summed E-state index contributed by atoms with van der Waals surface area (Å²) >= 11 is 0. The van der Waals surface area contributed by atoms with Crippen LogP contribution >= 0.6 is 0 Å². The highest BCUT2D eigenvalue weighted by Crippen LogP contribution is 2.20. The van der Waals surface area contributed by atoms with Gasteiger partial charge in [-0.25, -0.2) is 0 Å². The van der Waals surface area contributed by atoms with Crippen molar-refractivity contribution in [2.45, 2.75) is 71.9 Å². The third kappa shape index (κ3) is 5.83. The largest absolute Gasteiger partial charge is 0.461 e. The minimum absolute atomic E-state index is 0.0521. The van der Waals surface area contributed by atoms with E-state index in [1.807, 2.05) is 13.8 Å². The van der Waals surface area contributed by atoms with Gasteiger partial charge in [0.15, 0.2) is 6.29 Å². The van der Waals surface area contributed by atoms with Crippen LogP contribution in [0.2, 0.25) is 0 Å². The van der Waals surface area contributed by atoms with Crippen LogP contribution in [0.5, 0.6) is 0 Å². The van der Waals surface area contributed by atoms with Crippen LogP contribution < -0.4 is 0 Å². The van der Waals surface area contributed by atoms with Crippen molar-refractivity contribution in [1.29, 1.82) is 0 Å². The number of hydrogen-bond acceptors (Lipinski definition) is 4. The average Bonchev–Trinajstić information content (AvgIpc) is 2.26. The molecule has 106 valence electrons. The molecule has 2 rings (SSSR count). The maximum Gasteiger partial charge on any atom is 0.309 e. The number of carbonyl (C=O) groups excluding carboxylic acids is 1. The number of cyclic esters (lactones) is 1. The molecule has 0 spiro atoms. The normalized spacial score (nSPS) is 27.3. The lowest BCUT2D eigenvalue weighted by molar-refractivity contribution is -0.180. The molecule has 2 aliphatic rings. The van der Waals surface area contributed by atoms with Crippen LogP contribution in [0.15, 0.2) is 0 Å². The second-order valence-corrected chi connectivity index (χ2v) is 5.46.